The molecule has 0 bridgehead atoms. The van der Waals surface area contributed by atoms with Gasteiger partial charge < -0.3 is 15.4 Å². The predicted octanol–water partition coefficient (Wildman–Crippen LogP) is 1.63. The molecule has 0 radical (unpaired) electrons. The van der Waals surface area contributed by atoms with Crippen LogP contribution in [0.25, 0.3) is 0 Å². The number of rotatable bonds is 8. The van der Waals surface area contributed by atoms with Crippen molar-refractivity contribution in [2.75, 3.05) is 26.7 Å². The molecule has 0 saturated heterocycles. The van der Waals surface area contributed by atoms with E-state index in [9.17, 15) is 4.79 Å². The molecule has 0 aromatic carbocycles. The Hall–Kier alpha value is -1.32. The van der Waals surface area contributed by atoms with Gasteiger partial charge in [-0.3, -0.25) is 14.5 Å². The second-order valence-electron chi connectivity index (χ2n) is 5.02. The van der Waals surface area contributed by atoms with Crippen molar-refractivity contribution >= 4 is 35.9 Å². The van der Waals surface area contributed by atoms with Gasteiger partial charge in [-0.15, -0.1) is 24.0 Å². The quantitative estimate of drug-likeness (QED) is 0.213. The van der Waals surface area contributed by atoms with E-state index in [1.807, 2.05) is 18.5 Å². The minimum Gasteiger partial charge on any atom is -0.469 e. The van der Waals surface area contributed by atoms with Crippen LogP contribution in [-0.4, -0.2) is 48.5 Å². The smallest absolute Gasteiger partial charge is 0.307 e. The molecule has 0 saturated carbocycles. The molecule has 1 rings (SSSR count). The highest BCUT2D eigenvalue weighted by Crippen LogP contribution is 2.02. The third-order valence-corrected chi connectivity index (χ3v) is 3.09. The number of carbonyl (C=O) groups is 1. The van der Waals surface area contributed by atoms with Crippen molar-refractivity contribution in [2.45, 2.75) is 40.2 Å². The predicted molar refractivity (Wildman–Crippen MR) is 102 cm³/mol. The Morgan fingerprint density at radius 3 is 2.70 bits per heavy atom. The van der Waals surface area contributed by atoms with Crippen LogP contribution in [-0.2, 0) is 16.1 Å². The van der Waals surface area contributed by atoms with Gasteiger partial charge in [0.2, 0.25) is 0 Å². The molecule has 2 N–H and O–H groups in total. The number of guanidine groups is 1. The first-order valence-corrected chi connectivity index (χ1v) is 7.66. The highest BCUT2D eigenvalue weighted by molar-refractivity contribution is 14.0. The second-order valence-corrected chi connectivity index (χ2v) is 5.02. The summed E-state index contributed by atoms with van der Waals surface area (Å²) < 4.78 is 6.61. The van der Waals surface area contributed by atoms with Gasteiger partial charge in [0.25, 0.3) is 0 Å². The third-order valence-electron chi connectivity index (χ3n) is 3.09. The van der Waals surface area contributed by atoms with Crippen LogP contribution in [0.1, 0.15) is 31.2 Å². The van der Waals surface area contributed by atoms with E-state index in [1.54, 1.807) is 0 Å². The van der Waals surface area contributed by atoms with Crippen molar-refractivity contribution in [1.82, 2.24) is 20.4 Å². The lowest BCUT2D eigenvalue weighted by Gasteiger charge is -2.10. The standard InChI is InChI=1S/C15H27N5O2.HI/c1-5-16-15(18-9-7-14(21)22-4)17-8-6-10-20-13(3)11-12(2)19-20;/h11H,5-10H2,1-4H3,(H2,16,17,18);1H. The molecule has 0 unspecified atom stereocenters. The van der Waals surface area contributed by atoms with Crippen molar-refractivity contribution in [3.8, 4) is 0 Å². The maximum absolute atomic E-state index is 11.1. The maximum Gasteiger partial charge on any atom is 0.307 e. The highest BCUT2D eigenvalue weighted by Gasteiger charge is 2.02. The average Bonchev–Trinajstić information content (AvgIpc) is 2.81. The Labute approximate surface area is 155 Å². The summed E-state index contributed by atoms with van der Waals surface area (Å²) in [5.41, 5.74) is 2.21. The number of ether oxygens (including phenoxy) is 1. The van der Waals surface area contributed by atoms with Crippen molar-refractivity contribution in [1.29, 1.82) is 0 Å². The zero-order valence-corrected chi connectivity index (χ0v) is 16.7. The topological polar surface area (TPSA) is 80.5 Å². The van der Waals surface area contributed by atoms with Gasteiger partial charge in [-0.05, 0) is 33.3 Å². The van der Waals surface area contributed by atoms with E-state index in [2.05, 4.69) is 38.5 Å². The summed E-state index contributed by atoms with van der Waals surface area (Å²) in [5, 5.41) is 10.7. The van der Waals surface area contributed by atoms with E-state index in [4.69, 9.17) is 0 Å². The number of halogens is 1. The molecule has 23 heavy (non-hydrogen) atoms. The molecule has 0 aliphatic carbocycles. The van der Waals surface area contributed by atoms with Crippen LogP contribution in [0, 0.1) is 13.8 Å². The van der Waals surface area contributed by atoms with Gasteiger partial charge in [-0.25, -0.2) is 0 Å². The Morgan fingerprint density at radius 2 is 2.13 bits per heavy atom. The van der Waals surface area contributed by atoms with Crippen molar-refractivity contribution in [3.05, 3.63) is 17.5 Å². The van der Waals surface area contributed by atoms with Crippen LogP contribution < -0.4 is 10.6 Å². The molecule has 1 aromatic rings. The number of aryl methyl sites for hydroxylation is 3. The van der Waals surface area contributed by atoms with E-state index >= 15 is 0 Å². The van der Waals surface area contributed by atoms with Crippen molar-refractivity contribution < 1.29 is 9.53 Å². The van der Waals surface area contributed by atoms with Crippen molar-refractivity contribution in [2.24, 2.45) is 4.99 Å². The number of nitrogens with zero attached hydrogens (tertiary/aromatic N) is 3. The van der Waals surface area contributed by atoms with Crippen LogP contribution in [0.5, 0.6) is 0 Å². The molecular weight excluding hydrogens is 409 g/mol. The lowest BCUT2D eigenvalue weighted by atomic mass is 10.4. The molecule has 1 heterocycles. The first-order valence-electron chi connectivity index (χ1n) is 7.66. The van der Waals surface area contributed by atoms with Gasteiger partial charge in [-0.2, -0.15) is 5.10 Å². The fraction of sp³-hybridized carbons (Fsp3) is 0.667. The zero-order chi connectivity index (χ0) is 16.4. The molecule has 132 valence electrons. The number of hydrogen-bond acceptors (Lipinski definition) is 4. The number of esters is 1. The van der Waals surface area contributed by atoms with Crippen LogP contribution in [0.4, 0.5) is 0 Å². The summed E-state index contributed by atoms with van der Waals surface area (Å²) in [7, 11) is 1.39. The van der Waals surface area contributed by atoms with E-state index in [0.29, 0.717) is 19.5 Å². The van der Waals surface area contributed by atoms with E-state index < -0.39 is 0 Å². The fourth-order valence-electron chi connectivity index (χ4n) is 2.04. The molecule has 0 aliphatic rings. The molecule has 1 aromatic heterocycles. The molecule has 0 amide bonds. The highest BCUT2D eigenvalue weighted by atomic mass is 127. The minimum atomic E-state index is -0.229. The lowest BCUT2D eigenvalue weighted by molar-refractivity contribution is -0.140. The monoisotopic (exact) mass is 437 g/mol. The van der Waals surface area contributed by atoms with Gasteiger partial charge in [-0.1, -0.05) is 0 Å². The summed E-state index contributed by atoms with van der Waals surface area (Å²) in [6, 6.07) is 2.07. The average molecular weight is 437 g/mol. The minimum absolute atomic E-state index is 0. The van der Waals surface area contributed by atoms with E-state index in [0.717, 1.165) is 31.2 Å². The molecular formula is C15H28IN5O2. The number of nitrogens with one attached hydrogen (secondary N) is 2. The first-order chi connectivity index (χ1) is 10.6. The van der Waals surface area contributed by atoms with E-state index in [-0.39, 0.29) is 29.9 Å². The second kappa shape index (κ2) is 12.1. The Balaban J connectivity index is 0.00000484. The SMILES string of the molecule is CCNC(=NCCCn1nc(C)cc1C)NCCC(=O)OC.I. The Morgan fingerprint density at radius 1 is 1.39 bits per heavy atom. The number of carbonyl (C=O) groups excluding carboxylic acids is 1. The van der Waals surface area contributed by atoms with Crippen LogP contribution in [0.2, 0.25) is 0 Å². The summed E-state index contributed by atoms with van der Waals surface area (Å²) in [4.78, 5) is 15.6. The molecule has 0 spiro atoms. The van der Waals surface area contributed by atoms with Crippen LogP contribution >= 0.6 is 24.0 Å². The zero-order valence-electron chi connectivity index (χ0n) is 14.4. The van der Waals surface area contributed by atoms with Gasteiger partial charge in [0.05, 0.1) is 19.2 Å². The Bertz CT molecular complexity index is 502. The summed E-state index contributed by atoms with van der Waals surface area (Å²) in [6.07, 6.45) is 1.24. The molecule has 0 aliphatic heterocycles. The summed E-state index contributed by atoms with van der Waals surface area (Å²) in [6.45, 7) is 8.90. The summed E-state index contributed by atoms with van der Waals surface area (Å²) >= 11 is 0. The van der Waals surface area contributed by atoms with Crippen LogP contribution in [0.15, 0.2) is 11.1 Å². The number of methoxy groups -OCH3 is 1. The normalized spacial score (nSPS) is 10.9. The van der Waals surface area contributed by atoms with Gasteiger partial charge in [0.15, 0.2) is 5.96 Å². The molecule has 0 atom stereocenters. The summed E-state index contributed by atoms with van der Waals surface area (Å²) in [5.74, 6) is 0.493. The molecule has 0 fully saturated rings. The fourth-order valence-corrected chi connectivity index (χ4v) is 2.04. The molecule has 7 nitrogen and oxygen atoms in total. The van der Waals surface area contributed by atoms with Crippen LogP contribution in [0.3, 0.4) is 0 Å². The van der Waals surface area contributed by atoms with E-state index in [1.165, 1.54) is 12.8 Å². The first kappa shape index (κ1) is 21.7. The van der Waals surface area contributed by atoms with Crippen molar-refractivity contribution in [3.63, 3.8) is 0 Å². The van der Waals surface area contributed by atoms with Gasteiger partial charge in [0, 0.05) is 31.9 Å². The number of hydrogen-bond donors (Lipinski definition) is 2. The Kier molecular flexibility index (Phi) is 11.4. The van der Waals surface area contributed by atoms with Gasteiger partial charge >= 0.3 is 5.97 Å². The third kappa shape index (κ3) is 8.77. The lowest BCUT2D eigenvalue weighted by Crippen LogP contribution is -2.38. The number of aliphatic imine (C=N–C) groups is 1. The maximum atomic E-state index is 11.1. The molecule has 8 heteroatoms. The van der Waals surface area contributed by atoms with Gasteiger partial charge in [0.1, 0.15) is 0 Å². The largest absolute Gasteiger partial charge is 0.469 e. The number of aromatic nitrogens is 2.